The summed E-state index contributed by atoms with van der Waals surface area (Å²) in [7, 11) is 0. The van der Waals surface area contributed by atoms with Crippen LogP contribution in [-0.4, -0.2) is 83.2 Å². The number of para-hydroxylation sites is 1. The molecule has 4 rings (SSSR count). The van der Waals surface area contributed by atoms with Crippen molar-refractivity contribution in [3.8, 4) is 5.75 Å². The number of nitro benzene ring substituents is 1. The fourth-order valence-electron chi connectivity index (χ4n) is 3.80. The fraction of sp³-hybridized carbons (Fsp3) is 0.318. The number of benzene rings is 2. The van der Waals surface area contributed by atoms with Gasteiger partial charge >= 0.3 is 0 Å². The largest absolute Gasteiger partial charge is 0.492 e. The zero-order valence-corrected chi connectivity index (χ0v) is 17.3. The molecule has 2 aliphatic rings. The van der Waals surface area contributed by atoms with E-state index in [-0.39, 0.29) is 29.3 Å². The molecule has 2 aromatic carbocycles. The minimum atomic E-state index is -0.682. The van der Waals surface area contributed by atoms with Crippen LogP contribution in [0.15, 0.2) is 48.5 Å². The molecular weight excluding hydrogens is 416 g/mol. The van der Waals surface area contributed by atoms with Gasteiger partial charge in [0.25, 0.3) is 17.5 Å². The van der Waals surface area contributed by atoms with Crippen LogP contribution in [0, 0.1) is 10.1 Å². The van der Waals surface area contributed by atoms with Crippen LogP contribution in [-0.2, 0) is 4.79 Å². The Morgan fingerprint density at radius 2 is 1.66 bits per heavy atom. The van der Waals surface area contributed by atoms with Crippen molar-refractivity contribution in [2.45, 2.75) is 0 Å². The second-order valence-corrected chi connectivity index (χ2v) is 7.57. The van der Waals surface area contributed by atoms with Crippen molar-refractivity contribution in [3.63, 3.8) is 0 Å². The van der Waals surface area contributed by atoms with Gasteiger partial charge in [-0.15, -0.1) is 0 Å². The van der Waals surface area contributed by atoms with Crippen molar-refractivity contribution in [1.82, 2.24) is 14.7 Å². The van der Waals surface area contributed by atoms with E-state index >= 15 is 0 Å². The molecule has 0 atom stereocenters. The zero-order chi connectivity index (χ0) is 22.7. The van der Waals surface area contributed by atoms with Crippen LogP contribution >= 0.6 is 0 Å². The Labute approximate surface area is 184 Å². The second-order valence-electron chi connectivity index (χ2n) is 7.57. The third-order valence-corrected chi connectivity index (χ3v) is 5.60. The normalized spacial score (nSPS) is 16.2. The predicted molar refractivity (Wildman–Crippen MR) is 113 cm³/mol. The van der Waals surface area contributed by atoms with Crippen LogP contribution in [0.5, 0.6) is 5.75 Å². The van der Waals surface area contributed by atoms with E-state index in [0.29, 0.717) is 32.8 Å². The average Bonchev–Trinajstić information content (AvgIpc) is 3.04. The molecule has 0 aromatic heterocycles. The number of carbonyl (C=O) groups excluding carboxylic acids is 3. The van der Waals surface area contributed by atoms with E-state index in [4.69, 9.17) is 4.74 Å². The average molecular weight is 438 g/mol. The van der Waals surface area contributed by atoms with Crippen molar-refractivity contribution >= 4 is 23.4 Å². The maximum absolute atomic E-state index is 12.7. The van der Waals surface area contributed by atoms with Crippen LogP contribution in [0.1, 0.15) is 20.7 Å². The van der Waals surface area contributed by atoms with Gasteiger partial charge in [0, 0.05) is 44.9 Å². The highest BCUT2D eigenvalue weighted by atomic mass is 16.6. The molecule has 3 amide bonds. The van der Waals surface area contributed by atoms with Crippen molar-refractivity contribution in [3.05, 3.63) is 69.8 Å². The van der Waals surface area contributed by atoms with E-state index in [1.165, 1.54) is 12.1 Å². The zero-order valence-electron chi connectivity index (χ0n) is 17.3. The summed E-state index contributed by atoms with van der Waals surface area (Å²) in [5.41, 5.74) is -0.234. The van der Waals surface area contributed by atoms with Crippen molar-refractivity contribution < 1.29 is 24.0 Å². The number of non-ortho nitro benzene ring substituents is 1. The molecule has 32 heavy (non-hydrogen) atoms. The van der Waals surface area contributed by atoms with Gasteiger partial charge in [0.15, 0.2) is 0 Å². The Morgan fingerprint density at radius 1 is 0.969 bits per heavy atom. The Bertz CT molecular complexity index is 1050. The van der Waals surface area contributed by atoms with Crippen molar-refractivity contribution in [2.24, 2.45) is 0 Å². The number of hydrogen-bond donors (Lipinski definition) is 0. The topological polar surface area (TPSA) is 113 Å². The molecule has 0 aliphatic carbocycles. The number of hydrogen-bond acceptors (Lipinski definition) is 7. The third kappa shape index (κ3) is 4.45. The molecule has 0 N–H and O–H groups in total. The number of rotatable bonds is 7. The standard InChI is InChI=1S/C22H22N4O6/c27-20(15-25-21(28)18-7-6-16(26(30)31)14-19(18)22(25)29)24-10-8-23(9-11-24)12-13-32-17-4-2-1-3-5-17/h1-7,14H,8-13,15H2. The molecule has 0 radical (unpaired) electrons. The molecular formula is C22H22N4O6. The first-order valence-corrected chi connectivity index (χ1v) is 10.3. The maximum Gasteiger partial charge on any atom is 0.270 e. The minimum Gasteiger partial charge on any atom is -0.492 e. The van der Waals surface area contributed by atoms with Crippen LogP contribution in [0.25, 0.3) is 0 Å². The molecule has 10 nitrogen and oxygen atoms in total. The van der Waals surface area contributed by atoms with E-state index in [0.717, 1.165) is 23.3 Å². The van der Waals surface area contributed by atoms with Gasteiger partial charge in [-0.1, -0.05) is 18.2 Å². The summed E-state index contributed by atoms with van der Waals surface area (Å²) < 4.78 is 5.70. The van der Waals surface area contributed by atoms with Gasteiger partial charge in [0.2, 0.25) is 5.91 Å². The lowest BCUT2D eigenvalue weighted by Gasteiger charge is -2.35. The van der Waals surface area contributed by atoms with Crippen molar-refractivity contribution in [2.75, 3.05) is 45.9 Å². The Balaban J connectivity index is 1.27. The summed E-state index contributed by atoms with van der Waals surface area (Å²) in [6, 6.07) is 13.1. The first-order valence-electron chi connectivity index (χ1n) is 10.3. The fourth-order valence-corrected chi connectivity index (χ4v) is 3.80. The van der Waals surface area contributed by atoms with E-state index in [1.54, 1.807) is 4.90 Å². The second kappa shape index (κ2) is 9.15. The number of amides is 3. The Hall–Kier alpha value is -3.79. The predicted octanol–water partition coefficient (Wildman–Crippen LogP) is 1.41. The summed E-state index contributed by atoms with van der Waals surface area (Å²) >= 11 is 0. The van der Waals surface area contributed by atoms with E-state index in [2.05, 4.69) is 4.90 Å². The van der Waals surface area contributed by atoms with E-state index in [9.17, 15) is 24.5 Å². The number of nitro groups is 1. The number of piperazine rings is 1. The minimum absolute atomic E-state index is 0.0414. The van der Waals surface area contributed by atoms with Gasteiger partial charge in [0.1, 0.15) is 18.9 Å². The lowest BCUT2D eigenvalue weighted by atomic mass is 10.1. The molecule has 2 heterocycles. The number of nitrogens with zero attached hydrogens (tertiary/aromatic N) is 4. The molecule has 0 unspecified atom stereocenters. The number of fused-ring (bicyclic) bond motifs is 1. The van der Waals surface area contributed by atoms with Gasteiger partial charge in [-0.2, -0.15) is 0 Å². The van der Waals surface area contributed by atoms with Crippen molar-refractivity contribution in [1.29, 1.82) is 0 Å². The van der Waals surface area contributed by atoms with Crippen LogP contribution in [0.4, 0.5) is 5.69 Å². The maximum atomic E-state index is 12.7. The molecule has 0 spiro atoms. The van der Waals surface area contributed by atoms with E-state index in [1.807, 2.05) is 30.3 Å². The van der Waals surface area contributed by atoms with Gasteiger partial charge < -0.3 is 9.64 Å². The smallest absolute Gasteiger partial charge is 0.270 e. The molecule has 0 bridgehead atoms. The first-order chi connectivity index (χ1) is 15.4. The molecule has 2 aliphatic heterocycles. The highest BCUT2D eigenvalue weighted by Gasteiger charge is 2.38. The van der Waals surface area contributed by atoms with Crippen LogP contribution in [0.3, 0.4) is 0 Å². The Morgan fingerprint density at radius 3 is 2.34 bits per heavy atom. The molecule has 2 aromatic rings. The summed E-state index contributed by atoms with van der Waals surface area (Å²) in [6.45, 7) is 3.19. The molecule has 0 saturated carbocycles. The van der Waals surface area contributed by atoms with Crippen LogP contribution < -0.4 is 4.74 Å². The lowest BCUT2D eigenvalue weighted by Crippen LogP contribution is -2.52. The third-order valence-electron chi connectivity index (χ3n) is 5.60. The summed E-state index contributed by atoms with van der Waals surface area (Å²) in [5, 5.41) is 10.9. The number of ether oxygens (including phenoxy) is 1. The summed E-state index contributed by atoms with van der Waals surface area (Å²) in [5.74, 6) is -0.800. The van der Waals surface area contributed by atoms with Crippen LogP contribution in [0.2, 0.25) is 0 Å². The van der Waals surface area contributed by atoms with E-state index < -0.39 is 16.7 Å². The highest BCUT2D eigenvalue weighted by molar-refractivity contribution is 6.22. The lowest BCUT2D eigenvalue weighted by molar-refractivity contribution is -0.384. The van der Waals surface area contributed by atoms with Gasteiger partial charge in [-0.25, -0.2) is 0 Å². The monoisotopic (exact) mass is 438 g/mol. The molecule has 10 heteroatoms. The Kier molecular flexibility index (Phi) is 6.13. The first kappa shape index (κ1) is 21.4. The highest BCUT2D eigenvalue weighted by Crippen LogP contribution is 2.26. The van der Waals surface area contributed by atoms with Gasteiger partial charge in [-0.05, 0) is 18.2 Å². The molecule has 166 valence electrons. The SMILES string of the molecule is O=C(CN1C(=O)c2ccc([N+](=O)[O-])cc2C1=O)N1CCN(CCOc2ccccc2)CC1. The molecule has 1 fully saturated rings. The summed E-state index contributed by atoms with van der Waals surface area (Å²) in [6.07, 6.45) is 0. The summed E-state index contributed by atoms with van der Waals surface area (Å²) in [4.78, 5) is 52.8. The van der Waals surface area contributed by atoms with Gasteiger partial charge in [-0.3, -0.25) is 34.3 Å². The number of imide groups is 1. The number of carbonyl (C=O) groups is 3. The molecule has 1 saturated heterocycles. The van der Waals surface area contributed by atoms with Gasteiger partial charge in [0.05, 0.1) is 16.1 Å². The quantitative estimate of drug-likeness (QED) is 0.365.